The van der Waals surface area contributed by atoms with Crippen LogP contribution in [0.15, 0.2) is 59.4 Å². The molecule has 1 aromatic heterocycles. The third kappa shape index (κ3) is 6.42. The van der Waals surface area contributed by atoms with Gasteiger partial charge in [-0.1, -0.05) is 53.5 Å². The minimum Gasteiger partial charge on any atom is -0.465 e. The molecule has 3 rings (SSSR count). The van der Waals surface area contributed by atoms with Crippen LogP contribution >= 0.6 is 23.2 Å². The van der Waals surface area contributed by atoms with Crippen LogP contribution in [0.5, 0.6) is 5.75 Å². The van der Waals surface area contributed by atoms with E-state index < -0.39 is 23.6 Å². The molecule has 0 amide bonds. The fourth-order valence-corrected chi connectivity index (χ4v) is 3.72. The van der Waals surface area contributed by atoms with E-state index in [-0.39, 0.29) is 27.8 Å². The fraction of sp³-hybridized carbons (Fsp3) is 0.167. The Hall–Kier alpha value is -3.23. The Kier molecular flexibility index (Phi) is 8.06. The summed E-state index contributed by atoms with van der Waals surface area (Å²) >= 11 is 12.3. The number of halogens is 5. The maximum Gasteiger partial charge on any atom is 0.573 e. The highest BCUT2D eigenvalue weighted by Crippen LogP contribution is 2.28. The monoisotopic (exact) mass is 511 g/mol. The van der Waals surface area contributed by atoms with E-state index in [2.05, 4.69) is 9.47 Å². The zero-order valence-electron chi connectivity index (χ0n) is 17.7. The molecule has 0 bridgehead atoms. The van der Waals surface area contributed by atoms with Crippen molar-refractivity contribution < 1.29 is 27.4 Å². The van der Waals surface area contributed by atoms with Crippen molar-refractivity contribution in [2.24, 2.45) is 0 Å². The summed E-state index contributed by atoms with van der Waals surface area (Å²) in [7, 11) is 1.29. The smallest absolute Gasteiger partial charge is 0.465 e. The van der Waals surface area contributed by atoms with Gasteiger partial charge in [0.25, 0.3) is 5.56 Å². The largest absolute Gasteiger partial charge is 0.573 e. The second-order valence-corrected chi connectivity index (χ2v) is 7.85. The van der Waals surface area contributed by atoms with Crippen molar-refractivity contribution in [1.82, 2.24) is 4.57 Å². The number of pyridine rings is 1. The van der Waals surface area contributed by atoms with Crippen LogP contribution in [-0.4, -0.2) is 24.0 Å². The second kappa shape index (κ2) is 10.8. The maximum atomic E-state index is 12.7. The number of rotatable bonds is 7. The average Bonchev–Trinajstić information content (AvgIpc) is 2.79. The highest BCUT2D eigenvalue weighted by molar-refractivity contribution is 6.35. The molecule has 2 aromatic carbocycles. The van der Waals surface area contributed by atoms with Gasteiger partial charge in [-0.05, 0) is 48.4 Å². The summed E-state index contributed by atoms with van der Waals surface area (Å²) in [6.45, 7) is 0.178. The van der Waals surface area contributed by atoms with E-state index in [4.69, 9.17) is 23.2 Å². The van der Waals surface area contributed by atoms with Gasteiger partial charge in [-0.3, -0.25) is 4.79 Å². The number of para-hydroxylation sites is 1. The molecule has 3 aromatic rings. The Morgan fingerprint density at radius 3 is 2.35 bits per heavy atom. The van der Waals surface area contributed by atoms with Gasteiger partial charge in [-0.2, -0.15) is 0 Å². The number of ether oxygens (including phenoxy) is 2. The zero-order valence-corrected chi connectivity index (χ0v) is 19.2. The van der Waals surface area contributed by atoms with Gasteiger partial charge in [0.05, 0.1) is 23.4 Å². The molecule has 0 unspecified atom stereocenters. The first-order valence-electron chi connectivity index (χ1n) is 9.88. The molecule has 0 radical (unpaired) electrons. The normalized spacial score (nSPS) is 11.6. The molecule has 34 heavy (non-hydrogen) atoms. The quantitative estimate of drug-likeness (QED) is 0.351. The molecule has 0 aliphatic heterocycles. The molecule has 0 atom stereocenters. The summed E-state index contributed by atoms with van der Waals surface area (Å²) in [5, 5.41) is 0.0557. The first kappa shape index (κ1) is 25.4. The van der Waals surface area contributed by atoms with Gasteiger partial charge in [0, 0.05) is 12.1 Å². The molecule has 10 heteroatoms. The van der Waals surface area contributed by atoms with E-state index in [0.29, 0.717) is 12.0 Å². The van der Waals surface area contributed by atoms with Gasteiger partial charge in [-0.25, -0.2) is 4.79 Å². The van der Waals surface area contributed by atoms with Gasteiger partial charge in [-0.15, -0.1) is 13.2 Å². The van der Waals surface area contributed by atoms with Crippen LogP contribution in [0.2, 0.25) is 10.0 Å². The third-order valence-electron chi connectivity index (χ3n) is 4.80. The van der Waals surface area contributed by atoms with E-state index in [9.17, 15) is 22.8 Å². The summed E-state index contributed by atoms with van der Waals surface area (Å²) in [5.74, 6) is -0.859. The van der Waals surface area contributed by atoms with E-state index >= 15 is 0 Å². The molecule has 0 spiro atoms. The summed E-state index contributed by atoms with van der Waals surface area (Å²) < 4.78 is 48.2. The van der Waals surface area contributed by atoms with Crippen LogP contribution in [0, 0.1) is 0 Å². The molecule has 0 saturated carbocycles. The first-order chi connectivity index (χ1) is 16.1. The number of nitrogens with zero attached hydrogens (tertiary/aromatic N) is 1. The minimum absolute atomic E-state index is 0.0935. The van der Waals surface area contributed by atoms with Crippen LogP contribution in [0.3, 0.4) is 0 Å². The summed E-state index contributed by atoms with van der Waals surface area (Å²) in [4.78, 5) is 24.3. The predicted octanol–water partition coefficient (Wildman–Crippen LogP) is 6.25. The number of esters is 1. The zero-order chi connectivity index (χ0) is 24.9. The molecule has 178 valence electrons. The number of hydrogen-bond donors (Lipinski definition) is 0. The second-order valence-electron chi connectivity index (χ2n) is 7.04. The molecule has 5 nitrogen and oxygen atoms in total. The lowest BCUT2D eigenvalue weighted by molar-refractivity contribution is -0.274. The van der Waals surface area contributed by atoms with E-state index in [1.807, 2.05) is 0 Å². The number of carbonyl (C=O) groups excluding carboxylic acids is 1. The van der Waals surface area contributed by atoms with Gasteiger partial charge in [0.15, 0.2) is 0 Å². The number of benzene rings is 2. The molecule has 0 N–H and O–H groups in total. The van der Waals surface area contributed by atoms with E-state index in [1.54, 1.807) is 30.3 Å². The number of aromatic nitrogens is 1. The molecular weight excluding hydrogens is 494 g/mol. The van der Waals surface area contributed by atoms with Crippen molar-refractivity contribution in [3.63, 3.8) is 0 Å². The number of hydrogen-bond acceptors (Lipinski definition) is 4. The van der Waals surface area contributed by atoms with Crippen molar-refractivity contribution in [2.45, 2.75) is 19.3 Å². The lowest BCUT2D eigenvalue weighted by Gasteiger charge is -2.14. The number of methoxy groups -OCH3 is 1. The molecule has 0 saturated heterocycles. The van der Waals surface area contributed by atoms with Gasteiger partial charge < -0.3 is 14.0 Å². The van der Waals surface area contributed by atoms with Gasteiger partial charge >= 0.3 is 12.3 Å². The minimum atomic E-state index is -4.85. The first-order valence-corrected chi connectivity index (χ1v) is 10.6. The van der Waals surface area contributed by atoms with Crippen molar-refractivity contribution >= 4 is 41.3 Å². The highest BCUT2D eigenvalue weighted by Gasteiger charge is 2.31. The molecule has 0 aliphatic rings. The topological polar surface area (TPSA) is 57.5 Å². The Bertz CT molecular complexity index is 1270. The van der Waals surface area contributed by atoms with Crippen LogP contribution in [0.1, 0.15) is 27.2 Å². The fourth-order valence-electron chi connectivity index (χ4n) is 3.18. The molecule has 0 fully saturated rings. The SMILES string of the molecule is COC(=O)c1ccc(CCn2c(/C=C/c3ccccc3OC(F)(F)F)c(Cl)cc(Cl)c2=O)cc1. The highest BCUT2D eigenvalue weighted by atomic mass is 35.5. The Morgan fingerprint density at radius 2 is 1.71 bits per heavy atom. The Morgan fingerprint density at radius 1 is 1.03 bits per heavy atom. The van der Waals surface area contributed by atoms with Gasteiger partial charge in [0.2, 0.25) is 0 Å². The lowest BCUT2D eigenvalue weighted by Crippen LogP contribution is -2.24. The van der Waals surface area contributed by atoms with E-state index in [0.717, 1.165) is 5.56 Å². The Labute approximate surface area is 202 Å². The summed E-state index contributed by atoms with van der Waals surface area (Å²) in [6.07, 6.45) is -1.66. The van der Waals surface area contributed by atoms with E-state index in [1.165, 1.54) is 48.1 Å². The van der Waals surface area contributed by atoms with Crippen LogP contribution in [0.25, 0.3) is 12.2 Å². The molecule has 1 heterocycles. The van der Waals surface area contributed by atoms with Crippen molar-refractivity contribution in [3.8, 4) is 5.75 Å². The van der Waals surface area contributed by atoms with Crippen LogP contribution < -0.4 is 10.3 Å². The van der Waals surface area contributed by atoms with Crippen LogP contribution in [-0.2, 0) is 17.7 Å². The Balaban J connectivity index is 1.91. The molecule has 0 aliphatic carbocycles. The molecular formula is C24H18Cl2F3NO4. The van der Waals surface area contributed by atoms with Crippen molar-refractivity contribution in [2.75, 3.05) is 7.11 Å². The number of alkyl halides is 3. The van der Waals surface area contributed by atoms with Crippen molar-refractivity contribution in [3.05, 3.63) is 97.4 Å². The average molecular weight is 512 g/mol. The predicted molar refractivity (Wildman–Crippen MR) is 124 cm³/mol. The summed E-state index contributed by atoms with van der Waals surface area (Å²) in [6, 6.07) is 13.5. The standard InChI is InChI=1S/C24H18Cl2F3NO4/c1-33-23(32)17-8-6-15(7-9-17)12-13-30-20(18(25)14-19(26)22(30)31)11-10-16-4-2-3-5-21(16)34-24(27,28)29/h2-11,14H,12-13H2,1H3/b11-10+. The van der Waals surface area contributed by atoms with Gasteiger partial charge in [0.1, 0.15) is 10.8 Å². The maximum absolute atomic E-state index is 12.7. The number of aryl methyl sites for hydroxylation is 1. The van der Waals surface area contributed by atoms with Crippen LogP contribution in [0.4, 0.5) is 13.2 Å². The summed E-state index contributed by atoms with van der Waals surface area (Å²) in [5.41, 5.74) is 1.12. The number of carbonyl (C=O) groups is 1. The van der Waals surface area contributed by atoms with Crippen molar-refractivity contribution in [1.29, 1.82) is 0 Å². The lowest BCUT2D eigenvalue weighted by atomic mass is 10.1. The third-order valence-corrected chi connectivity index (χ3v) is 5.38.